The van der Waals surface area contributed by atoms with E-state index in [-0.39, 0.29) is 11.7 Å². The maximum Gasteiger partial charge on any atom is 0.129 e. The normalized spacial score (nSPS) is 23.3. The molecule has 0 N–H and O–H groups in total. The summed E-state index contributed by atoms with van der Waals surface area (Å²) in [5.41, 5.74) is 0.890. The van der Waals surface area contributed by atoms with Gasteiger partial charge in [0.2, 0.25) is 0 Å². The highest BCUT2D eigenvalue weighted by Gasteiger charge is 2.23. The SMILES string of the molecule is Cc1c(F)cc(CC2CCC(OC(C)C)CC2)cc1F. The molecule has 0 unspecified atom stereocenters. The zero-order valence-corrected chi connectivity index (χ0v) is 12.6. The summed E-state index contributed by atoms with van der Waals surface area (Å²) < 4.78 is 32.9. The Labute approximate surface area is 120 Å². The molecular formula is C17H24F2O. The number of rotatable bonds is 4. The van der Waals surface area contributed by atoms with Gasteiger partial charge in [-0.1, -0.05) is 0 Å². The zero-order chi connectivity index (χ0) is 14.7. The van der Waals surface area contributed by atoms with Crippen molar-refractivity contribution < 1.29 is 13.5 Å². The van der Waals surface area contributed by atoms with Crippen molar-refractivity contribution in [1.82, 2.24) is 0 Å². The highest BCUT2D eigenvalue weighted by molar-refractivity contribution is 5.25. The van der Waals surface area contributed by atoms with Crippen molar-refractivity contribution in [2.75, 3.05) is 0 Å². The number of benzene rings is 1. The summed E-state index contributed by atoms with van der Waals surface area (Å²) in [7, 11) is 0. The van der Waals surface area contributed by atoms with Gasteiger partial charge in [-0.05, 0) is 76.5 Å². The van der Waals surface area contributed by atoms with E-state index >= 15 is 0 Å². The topological polar surface area (TPSA) is 9.23 Å². The van der Waals surface area contributed by atoms with Crippen LogP contribution in [0, 0.1) is 24.5 Å². The summed E-state index contributed by atoms with van der Waals surface area (Å²) in [5, 5.41) is 0. The quantitative estimate of drug-likeness (QED) is 0.770. The predicted octanol–water partition coefficient (Wildman–Crippen LogP) is 4.80. The van der Waals surface area contributed by atoms with Crippen LogP contribution in [0.2, 0.25) is 0 Å². The Hall–Kier alpha value is -0.960. The minimum Gasteiger partial charge on any atom is -0.376 e. The molecule has 1 nitrogen and oxygen atoms in total. The van der Waals surface area contributed by atoms with Crippen molar-refractivity contribution in [1.29, 1.82) is 0 Å². The second-order valence-electron chi connectivity index (χ2n) is 6.22. The van der Waals surface area contributed by atoms with E-state index in [1.165, 1.54) is 19.1 Å². The van der Waals surface area contributed by atoms with Gasteiger partial charge in [0.1, 0.15) is 11.6 Å². The molecule has 0 atom stereocenters. The molecule has 112 valence electrons. The van der Waals surface area contributed by atoms with Crippen LogP contribution < -0.4 is 0 Å². The van der Waals surface area contributed by atoms with Crippen LogP contribution in [0.1, 0.15) is 50.7 Å². The third-order valence-corrected chi connectivity index (χ3v) is 4.12. The first-order chi connectivity index (χ1) is 9.45. The molecule has 0 radical (unpaired) electrons. The lowest BCUT2D eigenvalue weighted by Crippen LogP contribution is -2.25. The van der Waals surface area contributed by atoms with E-state index in [0.29, 0.717) is 12.0 Å². The van der Waals surface area contributed by atoms with Gasteiger partial charge in [0, 0.05) is 5.56 Å². The van der Waals surface area contributed by atoms with Crippen LogP contribution in [-0.4, -0.2) is 12.2 Å². The van der Waals surface area contributed by atoms with Gasteiger partial charge in [0.15, 0.2) is 0 Å². The summed E-state index contributed by atoms with van der Waals surface area (Å²) in [6.07, 6.45) is 5.67. The van der Waals surface area contributed by atoms with Crippen molar-refractivity contribution in [3.8, 4) is 0 Å². The molecule has 0 amide bonds. The van der Waals surface area contributed by atoms with Gasteiger partial charge < -0.3 is 4.74 Å². The average Bonchev–Trinajstić information content (AvgIpc) is 2.37. The van der Waals surface area contributed by atoms with Crippen molar-refractivity contribution in [2.45, 2.75) is 65.1 Å². The Morgan fingerprint density at radius 2 is 1.65 bits per heavy atom. The van der Waals surface area contributed by atoms with E-state index in [4.69, 9.17) is 4.74 Å². The number of halogens is 2. The zero-order valence-electron chi connectivity index (χ0n) is 12.6. The van der Waals surface area contributed by atoms with Gasteiger partial charge in [0.25, 0.3) is 0 Å². The fourth-order valence-corrected chi connectivity index (χ4v) is 3.01. The van der Waals surface area contributed by atoms with Crippen LogP contribution in [0.5, 0.6) is 0 Å². The molecule has 1 saturated carbocycles. The third-order valence-electron chi connectivity index (χ3n) is 4.12. The summed E-state index contributed by atoms with van der Waals surface area (Å²) >= 11 is 0. The van der Waals surface area contributed by atoms with Gasteiger partial charge in [-0.25, -0.2) is 8.78 Å². The van der Waals surface area contributed by atoms with Crippen LogP contribution >= 0.6 is 0 Å². The molecular weight excluding hydrogens is 258 g/mol. The van der Waals surface area contributed by atoms with E-state index < -0.39 is 11.6 Å². The van der Waals surface area contributed by atoms with Crippen LogP contribution in [0.4, 0.5) is 8.78 Å². The Morgan fingerprint density at radius 3 is 2.15 bits per heavy atom. The fourth-order valence-electron chi connectivity index (χ4n) is 3.01. The van der Waals surface area contributed by atoms with E-state index in [1.807, 2.05) is 0 Å². The van der Waals surface area contributed by atoms with Crippen molar-refractivity contribution >= 4 is 0 Å². The van der Waals surface area contributed by atoms with Crippen LogP contribution in [0.15, 0.2) is 12.1 Å². The molecule has 20 heavy (non-hydrogen) atoms. The van der Waals surface area contributed by atoms with Gasteiger partial charge in [0.05, 0.1) is 12.2 Å². The van der Waals surface area contributed by atoms with Gasteiger partial charge in [-0.15, -0.1) is 0 Å². The second-order valence-corrected chi connectivity index (χ2v) is 6.22. The Bertz CT molecular complexity index is 425. The minimum atomic E-state index is -0.433. The standard InChI is InChI=1S/C17H24F2O/c1-11(2)20-15-6-4-13(5-7-15)8-14-9-16(18)12(3)17(19)10-14/h9-11,13,15H,4-8H2,1-3H3. The summed E-state index contributed by atoms with van der Waals surface area (Å²) in [6.45, 7) is 5.59. The third kappa shape index (κ3) is 4.02. The molecule has 0 spiro atoms. The molecule has 0 heterocycles. The maximum atomic E-state index is 13.5. The van der Waals surface area contributed by atoms with Gasteiger partial charge in [-0.3, -0.25) is 0 Å². The number of hydrogen-bond donors (Lipinski definition) is 0. The molecule has 1 aromatic carbocycles. The molecule has 1 fully saturated rings. The van der Waals surface area contributed by atoms with Crippen LogP contribution in [0.3, 0.4) is 0 Å². The molecule has 0 bridgehead atoms. The number of ether oxygens (including phenoxy) is 1. The first kappa shape index (κ1) is 15.4. The molecule has 1 aliphatic rings. The van der Waals surface area contributed by atoms with Crippen molar-refractivity contribution in [3.05, 3.63) is 34.9 Å². The summed E-state index contributed by atoms with van der Waals surface area (Å²) in [4.78, 5) is 0. The predicted molar refractivity (Wildman–Crippen MR) is 76.8 cm³/mol. The van der Waals surface area contributed by atoms with Gasteiger partial charge in [-0.2, -0.15) is 0 Å². The molecule has 0 aliphatic heterocycles. The van der Waals surface area contributed by atoms with E-state index in [1.54, 1.807) is 0 Å². The lowest BCUT2D eigenvalue weighted by Gasteiger charge is -2.30. The molecule has 0 saturated heterocycles. The largest absolute Gasteiger partial charge is 0.376 e. The van der Waals surface area contributed by atoms with Crippen molar-refractivity contribution in [2.24, 2.45) is 5.92 Å². The number of hydrogen-bond acceptors (Lipinski definition) is 1. The highest BCUT2D eigenvalue weighted by atomic mass is 19.1. The highest BCUT2D eigenvalue weighted by Crippen LogP contribution is 2.30. The van der Waals surface area contributed by atoms with Crippen LogP contribution in [0.25, 0.3) is 0 Å². The lowest BCUT2D eigenvalue weighted by molar-refractivity contribution is -0.0195. The Balaban J connectivity index is 1.89. The Morgan fingerprint density at radius 1 is 1.10 bits per heavy atom. The monoisotopic (exact) mass is 282 g/mol. The van der Waals surface area contributed by atoms with E-state index in [9.17, 15) is 8.78 Å². The smallest absolute Gasteiger partial charge is 0.129 e. The first-order valence-corrected chi connectivity index (χ1v) is 7.55. The fraction of sp³-hybridized carbons (Fsp3) is 0.647. The van der Waals surface area contributed by atoms with E-state index in [2.05, 4.69) is 13.8 Å². The van der Waals surface area contributed by atoms with E-state index in [0.717, 1.165) is 37.7 Å². The minimum absolute atomic E-state index is 0.114. The summed E-state index contributed by atoms with van der Waals surface area (Å²) in [6, 6.07) is 2.96. The first-order valence-electron chi connectivity index (χ1n) is 7.55. The summed E-state index contributed by atoms with van der Waals surface area (Å²) in [5.74, 6) is -0.350. The lowest BCUT2D eigenvalue weighted by atomic mass is 9.83. The molecule has 0 aromatic heterocycles. The van der Waals surface area contributed by atoms with Gasteiger partial charge >= 0.3 is 0 Å². The Kier molecular flexibility index (Phi) is 5.14. The van der Waals surface area contributed by atoms with Crippen LogP contribution in [-0.2, 0) is 11.2 Å². The average molecular weight is 282 g/mol. The van der Waals surface area contributed by atoms with Crippen molar-refractivity contribution in [3.63, 3.8) is 0 Å². The maximum absolute atomic E-state index is 13.5. The molecule has 1 aliphatic carbocycles. The second kappa shape index (κ2) is 6.66. The molecule has 2 rings (SSSR count). The molecule has 3 heteroatoms. The molecule has 1 aromatic rings.